The fraction of sp³-hybridized carbons (Fsp3) is 0.727. The van der Waals surface area contributed by atoms with Crippen LogP contribution in [-0.2, 0) is 6.54 Å². The summed E-state index contributed by atoms with van der Waals surface area (Å²) in [5, 5.41) is 3.66. The third kappa shape index (κ3) is 6.99. The summed E-state index contributed by atoms with van der Waals surface area (Å²) in [4.78, 5) is 2.44. The Morgan fingerprint density at radius 3 is 2.44 bits per heavy atom. The Bertz CT molecular complexity index is 456. The maximum atomic E-state index is 5.87. The van der Waals surface area contributed by atoms with Crippen LogP contribution in [-0.4, -0.2) is 37.7 Å². The maximum absolute atomic E-state index is 5.87. The number of nitrogens with one attached hydrogen (secondary N) is 1. The first-order valence-electron chi connectivity index (χ1n) is 10.4. The summed E-state index contributed by atoms with van der Waals surface area (Å²) in [5.41, 5.74) is 1.35. The van der Waals surface area contributed by atoms with Gasteiger partial charge >= 0.3 is 0 Å². The van der Waals surface area contributed by atoms with Crippen molar-refractivity contribution < 1.29 is 4.74 Å². The van der Waals surface area contributed by atoms with Gasteiger partial charge < -0.3 is 15.0 Å². The van der Waals surface area contributed by atoms with E-state index in [1.54, 1.807) is 0 Å². The van der Waals surface area contributed by atoms with Crippen LogP contribution in [0.1, 0.15) is 58.4 Å². The lowest BCUT2D eigenvalue weighted by Gasteiger charge is -2.18. The Morgan fingerprint density at radius 1 is 1.04 bits per heavy atom. The molecule has 1 aromatic carbocycles. The van der Waals surface area contributed by atoms with Crippen molar-refractivity contribution in [1.82, 2.24) is 10.2 Å². The van der Waals surface area contributed by atoms with Crippen LogP contribution in [0.2, 0.25) is 0 Å². The van der Waals surface area contributed by atoms with Gasteiger partial charge in [0.2, 0.25) is 0 Å². The van der Waals surface area contributed by atoms with Crippen molar-refractivity contribution in [3.63, 3.8) is 0 Å². The molecular formula is C22H38N2O. The van der Waals surface area contributed by atoms with Gasteiger partial charge in [0.25, 0.3) is 0 Å². The topological polar surface area (TPSA) is 24.5 Å². The first-order chi connectivity index (χ1) is 12.3. The molecule has 3 heteroatoms. The number of benzene rings is 1. The molecule has 2 rings (SSSR count). The van der Waals surface area contributed by atoms with Crippen LogP contribution >= 0.6 is 0 Å². The SMILES string of the molecule is CCC1CCC[C@H]1CNCc1ccc(OCCCN(CC)CC)cc1. The standard InChI is InChI=1S/C22H38N2O/c1-4-20-9-7-10-21(20)18-23-17-19-11-13-22(14-12-19)25-16-8-15-24(5-2)6-3/h11-14,20-21,23H,4-10,15-18H2,1-3H3/t20?,21-/m0/s1. The monoisotopic (exact) mass is 346 g/mol. The molecule has 0 heterocycles. The molecule has 1 aliphatic carbocycles. The molecule has 0 saturated heterocycles. The first-order valence-corrected chi connectivity index (χ1v) is 10.4. The molecule has 25 heavy (non-hydrogen) atoms. The molecule has 1 fully saturated rings. The molecule has 142 valence electrons. The second kappa shape index (κ2) is 11.5. The summed E-state index contributed by atoms with van der Waals surface area (Å²) in [5.74, 6) is 2.82. The summed E-state index contributed by atoms with van der Waals surface area (Å²) in [6, 6.07) is 8.61. The summed E-state index contributed by atoms with van der Waals surface area (Å²) in [7, 11) is 0. The van der Waals surface area contributed by atoms with Crippen molar-refractivity contribution in [1.29, 1.82) is 0 Å². The van der Waals surface area contributed by atoms with Gasteiger partial charge in [0, 0.05) is 13.1 Å². The lowest BCUT2D eigenvalue weighted by molar-refractivity contribution is 0.249. The molecule has 0 aromatic heterocycles. The second-order valence-electron chi connectivity index (χ2n) is 7.36. The van der Waals surface area contributed by atoms with Crippen molar-refractivity contribution in [2.24, 2.45) is 11.8 Å². The predicted molar refractivity (Wildman–Crippen MR) is 107 cm³/mol. The Morgan fingerprint density at radius 2 is 1.76 bits per heavy atom. The molecule has 0 amide bonds. The largest absolute Gasteiger partial charge is 0.494 e. The van der Waals surface area contributed by atoms with Crippen LogP contribution in [0.15, 0.2) is 24.3 Å². The predicted octanol–water partition coefficient (Wildman–Crippen LogP) is 4.71. The van der Waals surface area contributed by atoms with Crippen LogP contribution in [0.3, 0.4) is 0 Å². The van der Waals surface area contributed by atoms with Crippen LogP contribution in [0.5, 0.6) is 5.75 Å². The Labute approximate surface area is 155 Å². The van der Waals surface area contributed by atoms with E-state index in [2.05, 4.69) is 55.3 Å². The van der Waals surface area contributed by atoms with Crippen molar-refractivity contribution in [2.75, 3.05) is 32.8 Å². The number of hydrogen-bond donors (Lipinski definition) is 1. The molecular weight excluding hydrogens is 308 g/mol. The van der Waals surface area contributed by atoms with Gasteiger partial charge in [0.15, 0.2) is 0 Å². The highest BCUT2D eigenvalue weighted by atomic mass is 16.5. The van der Waals surface area contributed by atoms with Gasteiger partial charge in [-0.3, -0.25) is 0 Å². The van der Waals surface area contributed by atoms with E-state index in [1.807, 2.05) is 0 Å². The molecule has 0 bridgehead atoms. The van der Waals surface area contributed by atoms with Gasteiger partial charge in [-0.25, -0.2) is 0 Å². The van der Waals surface area contributed by atoms with Crippen LogP contribution in [0.4, 0.5) is 0 Å². The highest BCUT2D eigenvalue weighted by Crippen LogP contribution is 2.33. The average molecular weight is 347 g/mol. The van der Waals surface area contributed by atoms with Crippen molar-refractivity contribution >= 4 is 0 Å². The smallest absolute Gasteiger partial charge is 0.119 e. The highest BCUT2D eigenvalue weighted by molar-refractivity contribution is 5.27. The minimum Gasteiger partial charge on any atom is -0.494 e. The third-order valence-corrected chi connectivity index (χ3v) is 5.78. The van der Waals surface area contributed by atoms with E-state index in [0.717, 1.165) is 56.8 Å². The third-order valence-electron chi connectivity index (χ3n) is 5.78. The minimum atomic E-state index is 0.800. The van der Waals surface area contributed by atoms with Gasteiger partial charge in [0.1, 0.15) is 5.75 Å². The maximum Gasteiger partial charge on any atom is 0.119 e. The van der Waals surface area contributed by atoms with Crippen LogP contribution < -0.4 is 10.1 Å². The zero-order valence-electron chi connectivity index (χ0n) is 16.6. The molecule has 0 spiro atoms. The summed E-state index contributed by atoms with van der Waals surface area (Å²) < 4.78 is 5.87. The van der Waals surface area contributed by atoms with E-state index in [9.17, 15) is 0 Å². The van der Waals surface area contributed by atoms with E-state index >= 15 is 0 Å². The van der Waals surface area contributed by atoms with Crippen LogP contribution in [0, 0.1) is 11.8 Å². The Hall–Kier alpha value is -1.06. The fourth-order valence-corrected chi connectivity index (χ4v) is 4.04. The molecule has 1 aliphatic rings. The summed E-state index contributed by atoms with van der Waals surface area (Å²) in [6.45, 7) is 13.1. The van der Waals surface area contributed by atoms with Gasteiger partial charge in [-0.15, -0.1) is 0 Å². The molecule has 0 aliphatic heterocycles. The Balaban J connectivity index is 1.62. The molecule has 1 N–H and O–H groups in total. The second-order valence-corrected chi connectivity index (χ2v) is 7.36. The molecule has 2 atom stereocenters. The fourth-order valence-electron chi connectivity index (χ4n) is 4.04. The zero-order valence-corrected chi connectivity index (χ0v) is 16.6. The normalized spacial score (nSPS) is 20.3. The van der Waals surface area contributed by atoms with Crippen molar-refractivity contribution in [3.8, 4) is 5.75 Å². The minimum absolute atomic E-state index is 0.800. The van der Waals surface area contributed by atoms with Gasteiger partial charge in [0.05, 0.1) is 6.61 Å². The Kier molecular flexibility index (Phi) is 9.35. The van der Waals surface area contributed by atoms with Crippen molar-refractivity contribution in [2.45, 2.75) is 59.4 Å². The lowest BCUT2D eigenvalue weighted by Crippen LogP contribution is -2.25. The first kappa shape index (κ1) is 20.3. The average Bonchev–Trinajstić information content (AvgIpc) is 3.10. The molecule has 1 saturated carbocycles. The molecule has 1 aromatic rings. The van der Waals surface area contributed by atoms with E-state index < -0.39 is 0 Å². The van der Waals surface area contributed by atoms with Crippen LogP contribution in [0.25, 0.3) is 0 Å². The van der Waals surface area contributed by atoms with E-state index in [4.69, 9.17) is 4.74 Å². The van der Waals surface area contributed by atoms with Gasteiger partial charge in [-0.05, 0) is 62.0 Å². The summed E-state index contributed by atoms with van der Waals surface area (Å²) in [6.07, 6.45) is 6.69. The number of rotatable bonds is 12. The molecule has 3 nitrogen and oxygen atoms in total. The zero-order chi connectivity index (χ0) is 17.9. The van der Waals surface area contributed by atoms with Gasteiger partial charge in [-0.2, -0.15) is 0 Å². The highest BCUT2D eigenvalue weighted by Gasteiger charge is 2.24. The van der Waals surface area contributed by atoms with E-state index in [0.29, 0.717) is 0 Å². The number of hydrogen-bond acceptors (Lipinski definition) is 3. The number of ether oxygens (including phenoxy) is 1. The summed E-state index contributed by atoms with van der Waals surface area (Å²) >= 11 is 0. The quantitative estimate of drug-likeness (QED) is 0.555. The number of nitrogens with zero attached hydrogens (tertiary/aromatic N) is 1. The van der Waals surface area contributed by atoms with E-state index in [-0.39, 0.29) is 0 Å². The van der Waals surface area contributed by atoms with E-state index in [1.165, 1.54) is 37.8 Å². The molecule has 0 radical (unpaired) electrons. The molecule has 1 unspecified atom stereocenters. The van der Waals surface area contributed by atoms with Gasteiger partial charge in [-0.1, -0.05) is 52.2 Å². The lowest BCUT2D eigenvalue weighted by atomic mass is 9.93. The van der Waals surface area contributed by atoms with Crippen molar-refractivity contribution in [3.05, 3.63) is 29.8 Å².